The molecule has 4 heteroatoms. The van der Waals surface area contributed by atoms with Crippen molar-refractivity contribution in [3.8, 4) is 11.5 Å². The maximum atomic E-state index is 11.5. The average Bonchev–Trinajstić information content (AvgIpc) is 1.93. The summed E-state index contributed by atoms with van der Waals surface area (Å²) >= 11 is 0. The van der Waals surface area contributed by atoms with Crippen molar-refractivity contribution in [2.24, 2.45) is 0 Å². The van der Waals surface area contributed by atoms with E-state index in [1.165, 1.54) is 12.1 Å². The lowest BCUT2D eigenvalue weighted by Gasteiger charge is -2.01. The lowest BCUT2D eigenvalue weighted by Crippen LogP contribution is -2.01. The zero-order chi connectivity index (χ0) is 8.27. The minimum absolute atomic E-state index is 0.000370. The zero-order valence-electron chi connectivity index (χ0n) is 5.46. The van der Waals surface area contributed by atoms with Crippen LogP contribution < -0.4 is 4.74 Å². The van der Waals surface area contributed by atoms with E-state index in [2.05, 4.69) is 4.74 Å². The minimum Gasteiger partial charge on any atom is -0.435 e. The molecule has 59 valence electrons. The molecule has 0 unspecified atom stereocenters. The van der Waals surface area contributed by atoms with Gasteiger partial charge in [0, 0.05) is 0 Å². The van der Waals surface area contributed by atoms with Crippen molar-refractivity contribution in [3.05, 3.63) is 24.3 Å². The van der Waals surface area contributed by atoms with E-state index in [-0.39, 0.29) is 11.5 Å². The SMILES string of the molecule is [O]c1ccc(OC(F)F)cc1. The van der Waals surface area contributed by atoms with Gasteiger partial charge in [-0.15, -0.1) is 0 Å². The van der Waals surface area contributed by atoms with Gasteiger partial charge >= 0.3 is 6.61 Å². The molecule has 0 aliphatic heterocycles. The lowest BCUT2D eigenvalue weighted by molar-refractivity contribution is -0.0498. The summed E-state index contributed by atoms with van der Waals surface area (Å²) in [5, 5.41) is 10.5. The van der Waals surface area contributed by atoms with Crippen LogP contribution in [0.4, 0.5) is 8.78 Å². The van der Waals surface area contributed by atoms with Crippen molar-refractivity contribution in [2.75, 3.05) is 0 Å². The molecule has 0 N–H and O–H groups in total. The van der Waals surface area contributed by atoms with Crippen LogP contribution in [0.2, 0.25) is 0 Å². The van der Waals surface area contributed by atoms with E-state index >= 15 is 0 Å². The molecule has 1 aromatic carbocycles. The molecule has 0 saturated heterocycles. The van der Waals surface area contributed by atoms with E-state index in [0.29, 0.717) is 0 Å². The van der Waals surface area contributed by atoms with Crippen LogP contribution in [0, 0.1) is 0 Å². The van der Waals surface area contributed by atoms with Crippen LogP contribution in [0.25, 0.3) is 0 Å². The predicted molar refractivity (Wildman–Crippen MR) is 33.2 cm³/mol. The molecule has 1 rings (SSSR count). The van der Waals surface area contributed by atoms with Crippen LogP contribution in [0.15, 0.2) is 24.3 Å². The summed E-state index contributed by atoms with van der Waals surface area (Å²) in [6.07, 6.45) is 0. The number of alkyl halides is 2. The van der Waals surface area contributed by atoms with Gasteiger partial charge in [-0.1, -0.05) is 0 Å². The van der Waals surface area contributed by atoms with Gasteiger partial charge in [0.2, 0.25) is 0 Å². The van der Waals surface area contributed by atoms with Gasteiger partial charge in [-0.05, 0) is 24.3 Å². The molecule has 11 heavy (non-hydrogen) atoms. The van der Waals surface area contributed by atoms with Gasteiger partial charge in [-0.3, -0.25) is 5.11 Å². The highest BCUT2D eigenvalue weighted by atomic mass is 19.3. The van der Waals surface area contributed by atoms with Crippen molar-refractivity contribution < 1.29 is 18.6 Å². The molecule has 0 amide bonds. The standard InChI is InChI=1S/C7H5F2O2/c8-7(9)11-6-3-1-5(10)2-4-6/h1-4,7H. The molecule has 0 spiro atoms. The summed E-state index contributed by atoms with van der Waals surface area (Å²) in [5.41, 5.74) is 0. The highest BCUT2D eigenvalue weighted by Gasteiger charge is 2.02. The van der Waals surface area contributed by atoms with Gasteiger partial charge < -0.3 is 4.74 Å². The first kappa shape index (κ1) is 7.78. The third-order valence-corrected chi connectivity index (χ3v) is 1.05. The Bertz CT molecular complexity index is 220. The van der Waals surface area contributed by atoms with Crippen LogP contribution in [-0.2, 0) is 5.11 Å². The zero-order valence-corrected chi connectivity index (χ0v) is 5.46. The van der Waals surface area contributed by atoms with E-state index in [0.717, 1.165) is 12.1 Å². The quantitative estimate of drug-likeness (QED) is 0.651. The lowest BCUT2D eigenvalue weighted by atomic mass is 10.3. The molecule has 0 aromatic heterocycles. The fourth-order valence-corrected chi connectivity index (χ4v) is 0.621. The minimum atomic E-state index is -2.84. The monoisotopic (exact) mass is 159 g/mol. The largest absolute Gasteiger partial charge is 0.435 e. The molecule has 0 aliphatic carbocycles. The topological polar surface area (TPSA) is 29.1 Å². The average molecular weight is 159 g/mol. The van der Waals surface area contributed by atoms with Crippen LogP contribution in [0.3, 0.4) is 0 Å². The smallest absolute Gasteiger partial charge is 0.387 e. The summed E-state index contributed by atoms with van der Waals surface area (Å²) in [5.74, 6) is -0.230. The Morgan fingerprint density at radius 1 is 1.18 bits per heavy atom. The highest BCUT2D eigenvalue weighted by molar-refractivity contribution is 5.29. The number of hydrogen-bond acceptors (Lipinski definition) is 1. The van der Waals surface area contributed by atoms with Crippen molar-refractivity contribution in [3.63, 3.8) is 0 Å². The van der Waals surface area contributed by atoms with Crippen LogP contribution in [0.1, 0.15) is 0 Å². The third-order valence-electron chi connectivity index (χ3n) is 1.05. The number of halogens is 2. The van der Waals surface area contributed by atoms with Crippen molar-refractivity contribution in [1.82, 2.24) is 0 Å². The Labute approximate surface area is 62.0 Å². The molecule has 2 nitrogen and oxygen atoms in total. The fraction of sp³-hybridized carbons (Fsp3) is 0.143. The molecule has 0 aliphatic rings. The summed E-state index contributed by atoms with van der Waals surface area (Å²) in [4.78, 5) is 0. The van der Waals surface area contributed by atoms with Crippen molar-refractivity contribution >= 4 is 0 Å². The van der Waals surface area contributed by atoms with Crippen LogP contribution >= 0.6 is 0 Å². The maximum absolute atomic E-state index is 11.5. The van der Waals surface area contributed by atoms with Gasteiger partial charge in [-0.25, -0.2) is 0 Å². The van der Waals surface area contributed by atoms with Crippen molar-refractivity contribution in [1.29, 1.82) is 0 Å². The van der Waals surface area contributed by atoms with Crippen LogP contribution in [0.5, 0.6) is 11.5 Å². The number of ether oxygens (including phenoxy) is 1. The molecular formula is C7H5F2O2. The Hall–Kier alpha value is -1.32. The summed E-state index contributed by atoms with van der Waals surface area (Å²) in [7, 11) is 0. The first-order valence-corrected chi connectivity index (χ1v) is 2.90. The van der Waals surface area contributed by atoms with Gasteiger partial charge in [-0.2, -0.15) is 8.78 Å². The van der Waals surface area contributed by atoms with E-state index in [9.17, 15) is 13.9 Å². The maximum Gasteiger partial charge on any atom is 0.387 e. The summed E-state index contributed by atoms with van der Waals surface area (Å²) in [6.45, 7) is -2.84. The fourth-order valence-electron chi connectivity index (χ4n) is 0.621. The normalized spacial score (nSPS) is 10.1. The van der Waals surface area contributed by atoms with E-state index in [1.54, 1.807) is 0 Å². The van der Waals surface area contributed by atoms with Gasteiger partial charge in [0.25, 0.3) is 0 Å². The predicted octanol–water partition coefficient (Wildman–Crippen LogP) is 2.43. The molecule has 1 aromatic rings. The Kier molecular flexibility index (Phi) is 2.25. The van der Waals surface area contributed by atoms with Gasteiger partial charge in [0.05, 0.1) is 0 Å². The molecule has 0 saturated carbocycles. The molecule has 0 atom stereocenters. The third kappa shape index (κ3) is 2.41. The second kappa shape index (κ2) is 3.18. The number of hydrogen-bond donors (Lipinski definition) is 0. The Morgan fingerprint density at radius 3 is 2.18 bits per heavy atom. The summed E-state index contributed by atoms with van der Waals surface area (Å²) in [6, 6.07) is 4.73. The van der Waals surface area contributed by atoms with E-state index in [4.69, 9.17) is 0 Å². The van der Waals surface area contributed by atoms with Crippen LogP contribution in [-0.4, -0.2) is 6.61 Å². The molecule has 1 radical (unpaired) electrons. The molecule has 0 fully saturated rings. The number of rotatable bonds is 2. The Morgan fingerprint density at radius 2 is 1.73 bits per heavy atom. The summed E-state index contributed by atoms with van der Waals surface area (Å²) < 4.78 is 27.0. The molecule has 0 heterocycles. The van der Waals surface area contributed by atoms with E-state index in [1.807, 2.05) is 0 Å². The first-order valence-electron chi connectivity index (χ1n) is 2.90. The first-order chi connectivity index (χ1) is 5.18. The molecule has 0 bridgehead atoms. The Balaban J connectivity index is 2.66. The second-order valence-electron chi connectivity index (χ2n) is 1.85. The number of benzene rings is 1. The van der Waals surface area contributed by atoms with Crippen molar-refractivity contribution in [2.45, 2.75) is 6.61 Å². The molecular weight excluding hydrogens is 154 g/mol. The second-order valence-corrected chi connectivity index (χ2v) is 1.85. The highest BCUT2D eigenvalue weighted by Crippen LogP contribution is 2.17. The van der Waals surface area contributed by atoms with E-state index < -0.39 is 6.61 Å². The van der Waals surface area contributed by atoms with Gasteiger partial charge in [0.1, 0.15) is 5.75 Å². The van der Waals surface area contributed by atoms with Gasteiger partial charge in [0.15, 0.2) is 5.75 Å².